The normalized spacial score (nSPS) is 12.2. The zero-order valence-electron chi connectivity index (χ0n) is 13.3. The summed E-state index contributed by atoms with van der Waals surface area (Å²) in [4.78, 5) is 13.5. The van der Waals surface area contributed by atoms with Gasteiger partial charge in [-0.1, -0.05) is 41.9 Å². The van der Waals surface area contributed by atoms with Crippen LogP contribution in [-0.2, 0) is 6.54 Å². The summed E-state index contributed by atoms with van der Waals surface area (Å²) in [5, 5.41) is 13.5. The number of nitrogens with one attached hydrogen (secondary N) is 1. The standard InChI is InChI=1S/C18H21ClN2O2/c1-20-18(23)14-9-7-13(8-10-14)11-21(2)12-17(22)15-5-3-4-6-16(15)19/h3-10,17,22H,11-12H2,1-2H3,(H,20,23)/t17-/m1/s1. The molecule has 0 spiro atoms. The number of likely N-dealkylation sites (N-methyl/N-ethyl adjacent to an activating group) is 1. The topological polar surface area (TPSA) is 52.6 Å². The van der Waals surface area contributed by atoms with Gasteiger partial charge in [-0.15, -0.1) is 0 Å². The molecule has 2 N–H and O–H groups in total. The van der Waals surface area contributed by atoms with Crippen molar-refractivity contribution in [1.82, 2.24) is 10.2 Å². The molecule has 23 heavy (non-hydrogen) atoms. The number of carbonyl (C=O) groups excluding carboxylic acids is 1. The number of aliphatic hydroxyl groups is 1. The number of carbonyl (C=O) groups is 1. The monoisotopic (exact) mass is 332 g/mol. The van der Waals surface area contributed by atoms with Crippen LogP contribution < -0.4 is 5.32 Å². The average Bonchev–Trinajstić information content (AvgIpc) is 2.55. The Bertz CT molecular complexity index is 658. The molecule has 2 aromatic rings. The molecule has 0 unspecified atom stereocenters. The molecule has 1 atom stereocenters. The first kappa shape index (κ1) is 17.5. The van der Waals surface area contributed by atoms with Crippen LogP contribution in [0.15, 0.2) is 48.5 Å². The van der Waals surface area contributed by atoms with E-state index in [1.807, 2.05) is 42.3 Å². The predicted octanol–water partition coefficient (Wildman–Crippen LogP) is 2.87. The van der Waals surface area contributed by atoms with E-state index in [1.165, 1.54) is 0 Å². The first-order valence-corrected chi connectivity index (χ1v) is 7.81. The van der Waals surface area contributed by atoms with Crippen LogP contribution in [0.2, 0.25) is 5.02 Å². The zero-order chi connectivity index (χ0) is 16.8. The van der Waals surface area contributed by atoms with Gasteiger partial charge < -0.3 is 10.4 Å². The highest BCUT2D eigenvalue weighted by Gasteiger charge is 2.14. The summed E-state index contributed by atoms with van der Waals surface area (Å²) >= 11 is 6.11. The number of benzene rings is 2. The Morgan fingerprint density at radius 1 is 1.22 bits per heavy atom. The summed E-state index contributed by atoms with van der Waals surface area (Å²) < 4.78 is 0. The highest BCUT2D eigenvalue weighted by atomic mass is 35.5. The summed E-state index contributed by atoms with van der Waals surface area (Å²) in [5.41, 5.74) is 2.44. The second-order valence-corrected chi connectivity index (χ2v) is 5.92. The molecule has 5 heteroatoms. The summed E-state index contributed by atoms with van der Waals surface area (Å²) in [6, 6.07) is 14.7. The maximum atomic E-state index is 11.5. The molecular weight excluding hydrogens is 312 g/mol. The summed E-state index contributed by atoms with van der Waals surface area (Å²) in [7, 11) is 3.55. The van der Waals surface area contributed by atoms with E-state index in [4.69, 9.17) is 11.6 Å². The number of nitrogens with zero attached hydrogens (tertiary/aromatic N) is 1. The first-order valence-electron chi connectivity index (χ1n) is 7.43. The van der Waals surface area contributed by atoms with Gasteiger partial charge in [-0.2, -0.15) is 0 Å². The Hall–Kier alpha value is -1.88. The van der Waals surface area contributed by atoms with E-state index >= 15 is 0 Å². The number of hydrogen-bond acceptors (Lipinski definition) is 3. The molecule has 0 saturated heterocycles. The van der Waals surface area contributed by atoms with Gasteiger partial charge in [-0.25, -0.2) is 0 Å². The van der Waals surface area contributed by atoms with E-state index in [9.17, 15) is 9.90 Å². The van der Waals surface area contributed by atoms with Gasteiger partial charge in [-0.05, 0) is 30.8 Å². The highest BCUT2D eigenvalue weighted by Crippen LogP contribution is 2.23. The van der Waals surface area contributed by atoms with Crippen LogP contribution in [0.3, 0.4) is 0 Å². The van der Waals surface area contributed by atoms with Crippen LogP contribution in [0, 0.1) is 0 Å². The molecule has 2 aromatic carbocycles. The minimum atomic E-state index is -0.640. The fourth-order valence-corrected chi connectivity index (χ4v) is 2.68. The van der Waals surface area contributed by atoms with Gasteiger partial charge in [0.25, 0.3) is 5.91 Å². The molecule has 0 heterocycles. The van der Waals surface area contributed by atoms with E-state index in [1.54, 1.807) is 25.2 Å². The van der Waals surface area contributed by atoms with E-state index in [0.29, 0.717) is 23.7 Å². The molecule has 0 aliphatic rings. The summed E-state index contributed by atoms with van der Waals surface area (Å²) in [5.74, 6) is -0.0981. The van der Waals surface area contributed by atoms with E-state index in [0.717, 1.165) is 11.1 Å². The van der Waals surface area contributed by atoms with Crippen LogP contribution in [0.4, 0.5) is 0 Å². The van der Waals surface area contributed by atoms with Gasteiger partial charge in [0.05, 0.1) is 6.10 Å². The van der Waals surface area contributed by atoms with E-state index in [-0.39, 0.29) is 5.91 Å². The maximum absolute atomic E-state index is 11.5. The quantitative estimate of drug-likeness (QED) is 0.855. The van der Waals surface area contributed by atoms with E-state index in [2.05, 4.69) is 5.32 Å². The van der Waals surface area contributed by atoms with Crippen molar-refractivity contribution in [3.05, 3.63) is 70.2 Å². The summed E-state index contributed by atoms with van der Waals surface area (Å²) in [6.07, 6.45) is -0.640. The third-order valence-corrected chi connectivity index (χ3v) is 3.99. The van der Waals surface area contributed by atoms with E-state index < -0.39 is 6.10 Å². The largest absolute Gasteiger partial charge is 0.387 e. The number of rotatable bonds is 6. The smallest absolute Gasteiger partial charge is 0.251 e. The Morgan fingerprint density at radius 2 is 1.87 bits per heavy atom. The third kappa shape index (κ3) is 4.79. The average molecular weight is 333 g/mol. The van der Waals surface area contributed by atoms with Crippen molar-refractivity contribution in [2.24, 2.45) is 0 Å². The van der Waals surface area contributed by atoms with Crippen molar-refractivity contribution < 1.29 is 9.90 Å². The van der Waals surface area contributed by atoms with Crippen LogP contribution in [-0.4, -0.2) is 36.6 Å². The minimum Gasteiger partial charge on any atom is -0.387 e. The Morgan fingerprint density at radius 3 is 2.48 bits per heavy atom. The number of amides is 1. The molecule has 0 saturated carbocycles. The molecule has 122 valence electrons. The number of aliphatic hydroxyl groups excluding tert-OH is 1. The first-order chi connectivity index (χ1) is 11.0. The van der Waals surface area contributed by atoms with Crippen molar-refractivity contribution in [3.63, 3.8) is 0 Å². The van der Waals surface area contributed by atoms with Crippen molar-refractivity contribution in [2.75, 3.05) is 20.6 Å². The van der Waals surface area contributed by atoms with Crippen molar-refractivity contribution in [3.8, 4) is 0 Å². The molecule has 0 aliphatic carbocycles. The Balaban J connectivity index is 1.95. The van der Waals surface area contributed by atoms with Gasteiger partial charge in [0.15, 0.2) is 0 Å². The third-order valence-electron chi connectivity index (χ3n) is 3.64. The fraction of sp³-hybridized carbons (Fsp3) is 0.278. The Labute approximate surface area is 141 Å². The van der Waals surface area contributed by atoms with Crippen LogP contribution in [0.1, 0.15) is 27.6 Å². The maximum Gasteiger partial charge on any atom is 0.251 e. The number of halogens is 1. The van der Waals surface area contributed by atoms with Crippen LogP contribution in [0.25, 0.3) is 0 Å². The second kappa shape index (κ2) is 8.11. The molecule has 1 amide bonds. The molecule has 0 aromatic heterocycles. The van der Waals surface area contributed by atoms with Crippen molar-refractivity contribution in [2.45, 2.75) is 12.6 Å². The van der Waals surface area contributed by atoms with Gasteiger partial charge in [0.2, 0.25) is 0 Å². The predicted molar refractivity (Wildman–Crippen MR) is 92.6 cm³/mol. The zero-order valence-corrected chi connectivity index (χ0v) is 14.0. The van der Waals surface area contributed by atoms with Crippen molar-refractivity contribution >= 4 is 17.5 Å². The fourth-order valence-electron chi connectivity index (χ4n) is 2.42. The molecule has 0 radical (unpaired) electrons. The van der Waals surface area contributed by atoms with Crippen molar-refractivity contribution in [1.29, 1.82) is 0 Å². The van der Waals surface area contributed by atoms with Gasteiger partial charge in [0, 0.05) is 36.3 Å². The SMILES string of the molecule is CNC(=O)c1ccc(CN(C)C[C@@H](O)c2ccccc2Cl)cc1. The Kier molecular flexibility index (Phi) is 6.16. The lowest BCUT2D eigenvalue weighted by Gasteiger charge is -2.21. The molecule has 0 aliphatic heterocycles. The lowest BCUT2D eigenvalue weighted by Crippen LogP contribution is -2.24. The summed E-state index contributed by atoms with van der Waals surface area (Å²) in [6.45, 7) is 1.15. The second-order valence-electron chi connectivity index (χ2n) is 5.51. The van der Waals surface area contributed by atoms with Crippen LogP contribution in [0.5, 0.6) is 0 Å². The lowest BCUT2D eigenvalue weighted by molar-refractivity contribution is 0.0963. The molecule has 0 fully saturated rings. The highest BCUT2D eigenvalue weighted by molar-refractivity contribution is 6.31. The molecular formula is C18H21ClN2O2. The molecule has 4 nitrogen and oxygen atoms in total. The van der Waals surface area contributed by atoms with Crippen LogP contribution >= 0.6 is 11.6 Å². The van der Waals surface area contributed by atoms with Gasteiger partial charge >= 0.3 is 0 Å². The van der Waals surface area contributed by atoms with Gasteiger partial charge in [0.1, 0.15) is 0 Å². The lowest BCUT2D eigenvalue weighted by atomic mass is 10.1. The molecule has 0 bridgehead atoms. The minimum absolute atomic E-state index is 0.0981. The molecule has 2 rings (SSSR count). The number of hydrogen-bond donors (Lipinski definition) is 2. The van der Waals surface area contributed by atoms with Gasteiger partial charge in [-0.3, -0.25) is 9.69 Å².